The van der Waals surface area contributed by atoms with Crippen LogP contribution in [0.1, 0.15) is 25.3 Å². The minimum absolute atomic E-state index is 0.0138. The number of sulfonamides is 1. The number of nitrogens with zero attached hydrogens (tertiary/aromatic N) is 2. The van der Waals surface area contributed by atoms with E-state index in [1.807, 2.05) is 30.3 Å². The molecule has 150 valence electrons. The lowest BCUT2D eigenvalue weighted by molar-refractivity contribution is -0.129. The normalized spacial score (nSPS) is 17.5. The Balaban J connectivity index is 1.70. The van der Waals surface area contributed by atoms with Crippen molar-refractivity contribution in [1.29, 1.82) is 0 Å². The van der Waals surface area contributed by atoms with Crippen molar-refractivity contribution in [1.82, 2.24) is 14.5 Å². The van der Waals surface area contributed by atoms with Crippen LogP contribution in [0.5, 0.6) is 0 Å². The van der Waals surface area contributed by atoms with Crippen LogP contribution in [-0.2, 0) is 26.0 Å². The van der Waals surface area contributed by atoms with E-state index in [4.69, 9.17) is 0 Å². The number of hydrogen-bond acceptors (Lipinski definition) is 4. The molecule has 1 saturated heterocycles. The van der Waals surface area contributed by atoms with Gasteiger partial charge in [-0.2, -0.15) is 0 Å². The molecule has 8 heteroatoms. The molecule has 1 fully saturated rings. The largest absolute Gasteiger partial charge is 0.356 e. The fraction of sp³-hybridized carbons (Fsp3) is 0.579. The van der Waals surface area contributed by atoms with Crippen LogP contribution in [-0.4, -0.2) is 68.4 Å². The van der Waals surface area contributed by atoms with E-state index in [2.05, 4.69) is 5.32 Å². The van der Waals surface area contributed by atoms with Gasteiger partial charge in [0.1, 0.15) is 0 Å². The average Bonchev–Trinajstić information content (AvgIpc) is 3.04. The zero-order chi connectivity index (χ0) is 19.9. The van der Waals surface area contributed by atoms with Crippen LogP contribution in [0.2, 0.25) is 0 Å². The topological polar surface area (TPSA) is 86.8 Å². The number of nitrogens with one attached hydrogen (secondary N) is 1. The third kappa shape index (κ3) is 6.32. The first-order valence-corrected chi connectivity index (χ1v) is 11.0. The lowest BCUT2D eigenvalue weighted by atomic mass is 10.1. The fourth-order valence-corrected chi connectivity index (χ4v) is 3.94. The molecular formula is C19H29N3O4S. The smallest absolute Gasteiger partial charge is 0.225 e. The highest BCUT2D eigenvalue weighted by Crippen LogP contribution is 2.18. The Morgan fingerprint density at radius 1 is 1.30 bits per heavy atom. The Morgan fingerprint density at radius 2 is 2.00 bits per heavy atom. The summed E-state index contributed by atoms with van der Waals surface area (Å²) in [6, 6.07) is 9.96. The van der Waals surface area contributed by atoms with Crippen LogP contribution in [0.25, 0.3) is 0 Å². The van der Waals surface area contributed by atoms with Crippen molar-refractivity contribution in [3.05, 3.63) is 35.9 Å². The van der Waals surface area contributed by atoms with Crippen LogP contribution in [0, 0.1) is 5.92 Å². The predicted molar refractivity (Wildman–Crippen MR) is 105 cm³/mol. The van der Waals surface area contributed by atoms with E-state index in [0.717, 1.165) is 6.42 Å². The molecular weight excluding hydrogens is 366 g/mol. The summed E-state index contributed by atoms with van der Waals surface area (Å²) >= 11 is 0. The van der Waals surface area contributed by atoms with Gasteiger partial charge in [0, 0.05) is 39.6 Å². The first-order valence-electron chi connectivity index (χ1n) is 9.37. The van der Waals surface area contributed by atoms with Gasteiger partial charge < -0.3 is 10.2 Å². The minimum atomic E-state index is -3.19. The molecule has 0 spiro atoms. The molecule has 1 aliphatic heterocycles. The predicted octanol–water partition coefficient (Wildman–Crippen LogP) is 0.865. The number of likely N-dealkylation sites (tertiary alicyclic amines) is 1. The third-order valence-corrected chi connectivity index (χ3v) is 6.75. The molecule has 2 amide bonds. The van der Waals surface area contributed by atoms with E-state index in [-0.39, 0.29) is 29.9 Å². The summed E-state index contributed by atoms with van der Waals surface area (Å²) in [5, 5.41) is 2.83. The van der Waals surface area contributed by atoms with Crippen molar-refractivity contribution < 1.29 is 18.0 Å². The lowest BCUT2D eigenvalue weighted by Gasteiger charge is -2.17. The SMILES string of the molecule is CCS(=O)(=O)N(C)CCCNC(=O)C1CC(=O)N(CCc2ccccc2)C1. The molecule has 1 unspecified atom stereocenters. The van der Waals surface area contributed by atoms with Gasteiger partial charge in [0.25, 0.3) is 0 Å². The zero-order valence-electron chi connectivity index (χ0n) is 16.1. The summed E-state index contributed by atoms with van der Waals surface area (Å²) in [4.78, 5) is 26.2. The number of amides is 2. The molecule has 0 radical (unpaired) electrons. The van der Waals surface area contributed by atoms with Crippen LogP contribution in [0.3, 0.4) is 0 Å². The molecule has 27 heavy (non-hydrogen) atoms. The van der Waals surface area contributed by atoms with Crippen LogP contribution in [0.15, 0.2) is 30.3 Å². The number of rotatable bonds is 10. The number of hydrogen-bond donors (Lipinski definition) is 1. The van der Waals surface area contributed by atoms with E-state index >= 15 is 0 Å². The maximum Gasteiger partial charge on any atom is 0.225 e. The van der Waals surface area contributed by atoms with Crippen molar-refractivity contribution in [2.75, 3.05) is 39.0 Å². The highest BCUT2D eigenvalue weighted by molar-refractivity contribution is 7.89. The van der Waals surface area contributed by atoms with Gasteiger partial charge in [0.05, 0.1) is 11.7 Å². The standard InChI is InChI=1S/C19H29N3O4S/c1-3-27(25,26)21(2)12-7-11-20-19(24)17-14-18(23)22(15-17)13-10-16-8-5-4-6-9-16/h4-6,8-9,17H,3,7,10-15H2,1-2H3,(H,20,24). The van der Waals surface area contributed by atoms with Crippen molar-refractivity contribution in [2.45, 2.75) is 26.2 Å². The summed E-state index contributed by atoms with van der Waals surface area (Å²) < 4.78 is 24.6. The maximum atomic E-state index is 12.3. The number of benzene rings is 1. The van der Waals surface area contributed by atoms with Gasteiger partial charge in [-0.1, -0.05) is 30.3 Å². The summed E-state index contributed by atoms with van der Waals surface area (Å²) in [7, 11) is -1.65. The zero-order valence-corrected chi connectivity index (χ0v) is 16.9. The van der Waals surface area contributed by atoms with Crippen LogP contribution >= 0.6 is 0 Å². The van der Waals surface area contributed by atoms with Gasteiger partial charge in [0.15, 0.2) is 0 Å². The Kier molecular flexibility index (Phi) is 7.79. The Morgan fingerprint density at radius 3 is 2.67 bits per heavy atom. The average molecular weight is 396 g/mol. The van der Waals surface area contributed by atoms with Gasteiger partial charge in [-0.05, 0) is 25.3 Å². The van der Waals surface area contributed by atoms with Crippen molar-refractivity contribution in [3.63, 3.8) is 0 Å². The molecule has 0 bridgehead atoms. The second-order valence-electron chi connectivity index (χ2n) is 6.84. The molecule has 7 nitrogen and oxygen atoms in total. The van der Waals surface area contributed by atoms with Crippen molar-refractivity contribution >= 4 is 21.8 Å². The first-order chi connectivity index (χ1) is 12.8. The van der Waals surface area contributed by atoms with Crippen molar-refractivity contribution in [3.8, 4) is 0 Å². The van der Waals surface area contributed by atoms with Gasteiger partial charge >= 0.3 is 0 Å². The highest BCUT2D eigenvalue weighted by Gasteiger charge is 2.33. The van der Waals surface area contributed by atoms with Gasteiger partial charge in [-0.3, -0.25) is 9.59 Å². The lowest BCUT2D eigenvalue weighted by Crippen LogP contribution is -2.36. The second-order valence-corrected chi connectivity index (χ2v) is 9.21. The van der Waals surface area contributed by atoms with Crippen LogP contribution in [0.4, 0.5) is 0 Å². The van der Waals surface area contributed by atoms with Crippen molar-refractivity contribution in [2.24, 2.45) is 5.92 Å². The molecule has 1 heterocycles. The third-order valence-electron chi connectivity index (χ3n) is 4.89. The van der Waals surface area contributed by atoms with E-state index < -0.39 is 10.0 Å². The quantitative estimate of drug-likeness (QED) is 0.596. The molecule has 1 aromatic carbocycles. The Bertz CT molecular complexity index is 737. The summed E-state index contributed by atoms with van der Waals surface area (Å²) in [5.41, 5.74) is 1.17. The minimum Gasteiger partial charge on any atom is -0.356 e. The van der Waals surface area contributed by atoms with E-state index in [9.17, 15) is 18.0 Å². The van der Waals surface area contributed by atoms with Gasteiger partial charge in [0.2, 0.25) is 21.8 Å². The molecule has 0 aromatic heterocycles. The summed E-state index contributed by atoms with van der Waals surface area (Å²) in [6.45, 7) is 3.43. The fourth-order valence-electron chi connectivity index (χ4n) is 3.09. The van der Waals surface area contributed by atoms with E-state index in [1.54, 1.807) is 18.9 Å². The van der Waals surface area contributed by atoms with E-state index in [1.165, 1.54) is 9.87 Å². The molecule has 2 rings (SSSR count). The molecule has 1 atom stereocenters. The molecule has 0 saturated carbocycles. The monoisotopic (exact) mass is 395 g/mol. The molecule has 1 aromatic rings. The Labute approximate surface area is 161 Å². The second kappa shape index (κ2) is 9.85. The van der Waals surface area contributed by atoms with Gasteiger partial charge in [-0.25, -0.2) is 12.7 Å². The molecule has 0 aliphatic carbocycles. The molecule has 1 aliphatic rings. The van der Waals surface area contributed by atoms with Crippen LogP contribution < -0.4 is 5.32 Å². The first kappa shape index (κ1) is 21.4. The summed E-state index contributed by atoms with van der Waals surface area (Å²) in [6.07, 6.45) is 1.56. The maximum absolute atomic E-state index is 12.3. The van der Waals surface area contributed by atoms with E-state index in [0.29, 0.717) is 32.6 Å². The Hall–Kier alpha value is -1.93. The molecule has 1 N–H and O–H groups in total. The van der Waals surface area contributed by atoms with Gasteiger partial charge in [-0.15, -0.1) is 0 Å². The summed E-state index contributed by atoms with van der Waals surface area (Å²) in [5.74, 6) is -0.379. The highest BCUT2D eigenvalue weighted by atomic mass is 32.2. The number of carbonyl (C=O) groups is 2. The number of carbonyl (C=O) groups excluding carboxylic acids is 2.